The third-order valence-corrected chi connectivity index (χ3v) is 4.12. The Balaban J connectivity index is 1.44. The summed E-state index contributed by atoms with van der Waals surface area (Å²) in [5, 5.41) is 5.40. The summed E-state index contributed by atoms with van der Waals surface area (Å²) >= 11 is 0. The molecule has 3 N–H and O–H groups in total. The lowest BCUT2D eigenvalue weighted by atomic mass is 10.1. The number of furan rings is 1. The molecule has 2 aromatic heterocycles. The molecule has 0 bridgehead atoms. The van der Waals surface area contributed by atoms with Gasteiger partial charge in [-0.15, -0.1) is 0 Å². The fraction of sp³-hybridized carbons (Fsp3) is 0.200. The highest BCUT2D eigenvalue weighted by Crippen LogP contribution is 2.19. The van der Waals surface area contributed by atoms with E-state index in [-0.39, 0.29) is 18.1 Å². The van der Waals surface area contributed by atoms with Gasteiger partial charge in [0.05, 0.1) is 12.8 Å². The van der Waals surface area contributed by atoms with E-state index in [2.05, 4.69) is 15.6 Å². The number of hydrogen-bond donors (Lipinski definition) is 3. The second-order valence-electron chi connectivity index (χ2n) is 6.18. The van der Waals surface area contributed by atoms with Crippen LogP contribution in [0.5, 0.6) is 0 Å². The first-order chi connectivity index (χ1) is 14.0. The average molecular weight is 397 g/mol. The number of amides is 2. The Labute approximate surface area is 165 Å². The van der Waals surface area contributed by atoms with Crippen LogP contribution in [-0.2, 0) is 14.3 Å². The summed E-state index contributed by atoms with van der Waals surface area (Å²) in [6.07, 6.45) is 1.89. The number of esters is 1. The predicted molar refractivity (Wildman–Crippen MR) is 102 cm³/mol. The topological polar surface area (TPSA) is 130 Å². The molecule has 9 nitrogen and oxygen atoms in total. The quantitative estimate of drug-likeness (QED) is 0.389. The summed E-state index contributed by atoms with van der Waals surface area (Å²) in [4.78, 5) is 50.9. The molecule has 0 aliphatic carbocycles. The molecule has 1 aromatic carbocycles. The van der Waals surface area contributed by atoms with E-state index in [1.807, 2.05) is 18.2 Å². The Morgan fingerprint density at radius 2 is 1.86 bits per heavy atom. The molecule has 0 aliphatic rings. The van der Waals surface area contributed by atoms with Crippen molar-refractivity contribution in [1.29, 1.82) is 0 Å². The molecule has 1 atom stereocenters. The lowest BCUT2D eigenvalue weighted by molar-refractivity contribution is -0.146. The zero-order valence-corrected chi connectivity index (χ0v) is 15.6. The molecule has 2 heterocycles. The molecule has 29 heavy (non-hydrogen) atoms. The summed E-state index contributed by atoms with van der Waals surface area (Å²) < 4.78 is 10.00. The number of rotatable bonds is 8. The molecule has 0 spiro atoms. The Morgan fingerprint density at radius 1 is 1.07 bits per heavy atom. The first-order valence-electron chi connectivity index (χ1n) is 8.84. The van der Waals surface area contributed by atoms with Gasteiger partial charge in [0.15, 0.2) is 11.9 Å². The van der Waals surface area contributed by atoms with Gasteiger partial charge in [-0.2, -0.15) is 0 Å². The lowest BCUT2D eigenvalue weighted by Gasteiger charge is -2.12. The number of benzene rings is 1. The van der Waals surface area contributed by atoms with Gasteiger partial charge in [0, 0.05) is 22.7 Å². The minimum atomic E-state index is -1.02. The van der Waals surface area contributed by atoms with Crippen LogP contribution >= 0.6 is 0 Å². The predicted octanol–water partition coefficient (Wildman–Crippen LogP) is 1.42. The summed E-state index contributed by atoms with van der Waals surface area (Å²) in [6, 6.07) is 10.3. The molecule has 0 radical (unpaired) electrons. The SMILES string of the molecule is C[C@H](OC(=O)CNC(=O)CNC(=O)c1ccco1)C(=O)c1c[nH]c2ccccc12. The monoisotopic (exact) mass is 397 g/mol. The van der Waals surface area contributed by atoms with E-state index in [0.29, 0.717) is 5.56 Å². The zero-order chi connectivity index (χ0) is 20.8. The number of fused-ring (bicyclic) bond motifs is 1. The van der Waals surface area contributed by atoms with E-state index < -0.39 is 30.4 Å². The number of ether oxygens (including phenoxy) is 1. The van der Waals surface area contributed by atoms with Crippen LogP contribution < -0.4 is 10.6 Å². The Kier molecular flexibility index (Phi) is 6.08. The number of ketones is 1. The highest BCUT2D eigenvalue weighted by molar-refractivity contribution is 6.10. The van der Waals surface area contributed by atoms with E-state index in [4.69, 9.17) is 9.15 Å². The van der Waals surface area contributed by atoms with Crippen LogP contribution in [0.2, 0.25) is 0 Å². The van der Waals surface area contributed by atoms with Crippen molar-refractivity contribution in [2.45, 2.75) is 13.0 Å². The van der Waals surface area contributed by atoms with Gasteiger partial charge in [0.2, 0.25) is 11.7 Å². The lowest BCUT2D eigenvalue weighted by Crippen LogP contribution is -2.40. The van der Waals surface area contributed by atoms with Crippen LogP contribution in [0.3, 0.4) is 0 Å². The van der Waals surface area contributed by atoms with Gasteiger partial charge in [-0.05, 0) is 25.1 Å². The minimum absolute atomic E-state index is 0.0711. The van der Waals surface area contributed by atoms with Crippen molar-refractivity contribution in [3.05, 3.63) is 60.2 Å². The molecule has 0 saturated heterocycles. The second kappa shape index (κ2) is 8.87. The van der Waals surface area contributed by atoms with Crippen LogP contribution in [0.4, 0.5) is 0 Å². The van der Waals surface area contributed by atoms with E-state index in [9.17, 15) is 19.2 Å². The van der Waals surface area contributed by atoms with Crippen molar-refractivity contribution < 1.29 is 28.3 Å². The van der Waals surface area contributed by atoms with Gasteiger partial charge in [0.25, 0.3) is 5.91 Å². The number of Topliss-reactive ketones (excluding diaryl/α,β-unsaturated/α-hetero) is 1. The summed E-state index contributed by atoms with van der Waals surface area (Å²) in [5.74, 6) is -2.19. The van der Waals surface area contributed by atoms with Gasteiger partial charge in [-0.3, -0.25) is 19.2 Å². The van der Waals surface area contributed by atoms with E-state index in [1.165, 1.54) is 19.3 Å². The van der Waals surface area contributed by atoms with Crippen molar-refractivity contribution in [3.63, 3.8) is 0 Å². The highest BCUT2D eigenvalue weighted by atomic mass is 16.5. The third-order valence-electron chi connectivity index (χ3n) is 4.12. The Morgan fingerprint density at radius 3 is 2.62 bits per heavy atom. The summed E-state index contributed by atoms with van der Waals surface area (Å²) in [7, 11) is 0. The zero-order valence-electron chi connectivity index (χ0n) is 15.6. The number of H-pyrrole nitrogens is 1. The summed E-state index contributed by atoms with van der Waals surface area (Å²) in [6.45, 7) is 0.699. The van der Waals surface area contributed by atoms with Crippen LogP contribution in [0, 0.1) is 0 Å². The number of nitrogens with one attached hydrogen (secondary N) is 3. The third kappa shape index (κ3) is 4.89. The smallest absolute Gasteiger partial charge is 0.326 e. The maximum Gasteiger partial charge on any atom is 0.326 e. The second-order valence-corrected chi connectivity index (χ2v) is 6.18. The molecule has 9 heteroatoms. The number of carbonyl (C=O) groups is 4. The molecule has 0 aliphatic heterocycles. The van der Waals surface area contributed by atoms with Gasteiger partial charge in [-0.1, -0.05) is 18.2 Å². The standard InChI is InChI=1S/C20H19N3O6/c1-12(19(26)14-9-21-15-6-3-2-5-13(14)15)29-18(25)11-22-17(24)10-23-20(27)16-7-4-8-28-16/h2-9,12,21H,10-11H2,1H3,(H,22,24)(H,23,27)/t12-/m0/s1. The first kappa shape index (κ1) is 19.9. The highest BCUT2D eigenvalue weighted by Gasteiger charge is 2.22. The molecular weight excluding hydrogens is 378 g/mol. The molecular formula is C20H19N3O6. The van der Waals surface area contributed by atoms with Crippen LogP contribution in [0.1, 0.15) is 27.8 Å². The van der Waals surface area contributed by atoms with Crippen LogP contribution in [0.15, 0.2) is 53.3 Å². The van der Waals surface area contributed by atoms with Crippen molar-refractivity contribution in [1.82, 2.24) is 15.6 Å². The van der Waals surface area contributed by atoms with E-state index in [0.717, 1.165) is 10.9 Å². The van der Waals surface area contributed by atoms with E-state index >= 15 is 0 Å². The van der Waals surface area contributed by atoms with Gasteiger partial charge in [-0.25, -0.2) is 0 Å². The molecule has 0 unspecified atom stereocenters. The number of aromatic amines is 1. The average Bonchev–Trinajstić information content (AvgIpc) is 3.39. The van der Waals surface area contributed by atoms with Gasteiger partial charge in [0.1, 0.15) is 6.54 Å². The molecule has 0 fully saturated rings. The first-order valence-corrected chi connectivity index (χ1v) is 8.84. The fourth-order valence-corrected chi connectivity index (χ4v) is 2.68. The molecule has 0 saturated carbocycles. The Hall–Kier alpha value is -3.88. The van der Waals surface area contributed by atoms with Gasteiger partial charge < -0.3 is 24.8 Å². The minimum Gasteiger partial charge on any atom is -0.459 e. The van der Waals surface area contributed by atoms with Crippen molar-refractivity contribution in [3.8, 4) is 0 Å². The molecule has 150 valence electrons. The molecule has 2 amide bonds. The maximum absolute atomic E-state index is 12.5. The summed E-state index contributed by atoms with van der Waals surface area (Å²) in [5.41, 5.74) is 1.23. The van der Waals surface area contributed by atoms with Crippen molar-refractivity contribution >= 4 is 34.5 Å². The number of para-hydroxylation sites is 1. The van der Waals surface area contributed by atoms with Crippen LogP contribution in [-0.4, -0.2) is 47.7 Å². The van der Waals surface area contributed by atoms with Crippen LogP contribution in [0.25, 0.3) is 10.9 Å². The fourth-order valence-electron chi connectivity index (χ4n) is 2.68. The number of carbonyl (C=O) groups excluding carboxylic acids is 4. The largest absolute Gasteiger partial charge is 0.459 e. The maximum atomic E-state index is 12.5. The molecule has 3 rings (SSSR count). The normalized spacial score (nSPS) is 11.6. The van der Waals surface area contributed by atoms with Crippen molar-refractivity contribution in [2.24, 2.45) is 0 Å². The Bertz CT molecular complexity index is 1040. The number of aromatic nitrogens is 1. The number of hydrogen-bond acceptors (Lipinski definition) is 6. The van der Waals surface area contributed by atoms with Crippen molar-refractivity contribution in [2.75, 3.05) is 13.1 Å². The van der Waals surface area contributed by atoms with Gasteiger partial charge >= 0.3 is 5.97 Å². The van der Waals surface area contributed by atoms with E-state index in [1.54, 1.807) is 18.3 Å². The molecule has 3 aromatic rings.